The lowest BCUT2D eigenvalue weighted by atomic mass is 10.2. The van der Waals surface area contributed by atoms with Crippen LogP contribution in [0.3, 0.4) is 0 Å². The summed E-state index contributed by atoms with van der Waals surface area (Å²) in [5, 5.41) is 0. The lowest BCUT2D eigenvalue weighted by Gasteiger charge is -2.01. The highest BCUT2D eigenvalue weighted by Gasteiger charge is 2.46. The molecule has 0 bridgehead atoms. The molecule has 2 aromatic rings. The fourth-order valence-electron chi connectivity index (χ4n) is 1.65. The summed E-state index contributed by atoms with van der Waals surface area (Å²) in [6, 6.07) is 4.37. The van der Waals surface area contributed by atoms with Gasteiger partial charge in [0, 0.05) is 14.3 Å². The van der Waals surface area contributed by atoms with Gasteiger partial charge in [-0.25, -0.2) is 4.79 Å². The van der Waals surface area contributed by atoms with Gasteiger partial charge in [0.05, 0.1) is 2.88 Å². The molecule has 2 heterocycles. The summed E-state index contributed by atoms with van der Waals surface area (Å²) in [5.41, 5.74) is -0.198. The quantitative estimate of drug-likeness (QED) is 0.460. The first-order valence-electron chi connectivity index (χ1n) is 4.52. The van der Waals surface area contributed by atoms with E-state index in [1.165, 1.54) is 17.2 Å². The molecule has 2 nitrogen and oxygen atoms in total. The standard InChI is InChI=1S/C10H6INOS2/c11-9-4-7-6(15-9)3-8(14-7)10(1-2-10)12-5-13/h3-4H,1-2H2. The van der Waals surface area contributed by atoms with Crippen LogP contribution in [0, 0.1) is 2.88 Å². The number of fused-ring (bicyclic) bond motifs is 1. The number of isocyanates is 1. The average molecular weight is 347 g/mol. The Kier molecular flexibility index (Phi) is 2.24. The minimum absolute atomic E-state index is 0.198. The molecule has 0 radical (unpaired) electrons. The molecule has 0 spiro atoms. The van der Waals surface area contributed by atoms with E-state index in [1.54, 1.807) is 28.8 Å². The van der Waals surface area contributed by atoms with Crippen molar-refractivity contribution >= 4 is 60.7 Å². The molecule has 1 aliphatic carbocycles. The Bertz CT molecular complexity index is 544. The minimum atomic E-state index is -0.198. The predicted molar refractivity (Wildman–Crippen MR) is 71.5 cm³/mol. The molecule has 1 fully saturated rings. The Morgan fingerprint density at radius 2 is 2.07 bits per heavy atom. The molecule has 3 rings (SSSR count). The second-order valence-electron chi connectivity index (χ2n) is 3.62. The number of halogens is 1. The van der Waals surface area contributed by atoms with Crippen LogP contribution < -0.4 is 0 Å². The first kappa shape index (κ1) is 9.96. The first-order chi connectivity index (χ1) is 7.23. The van der Waals surface area contributed by atoms with Gasteiger partial charge in [-0.3, -0.25) is 0 Å². The molecule has 76 valence electrons. The molecule has 15 heavy (non-hydrogen) atoms. The van der Waals surface area contributed by atoms with Gasteiger partial charge in [0.2, 0.25) is 6.08 Å². The molecule has 0 N–H and O–H groups in total. The maximum absolute atomic E-state index is 10.4. The van der Waals surface area contributed by atoms with Crippen LogP contribution in [0.5, 0.6) is 0 Å². The molecular formula is C10H6INOS2. The summed E-state index contributed by atoms with van der Waals surface area (Å²) >= 11 is 5.89. The largest absolute Gasteiger partial charge is 0.235 e. The molecule has 1 saturated carbocycles. The van der Waals surface area contributed by atoms with E-state index in [0.717, 1.165) is 12.8 Å². The van der Waals surface area contributed by atoms with Gasteiger partial charge in [-0.1, -0.05) is 0 Å². The summed E-state index contributed by atoms with van der Waals surface area (Å²) < 4.78 is 3.93. The summed E-state index contributed by atoms with van der Waals surface area (Å²) in [7, 11) is 0. The second kappa shape index (κ2) is 3.38. The van der Waals surface area contributed by atoms with Crippen LogP contribution in [0.2, 0.25) is 0 Å². The summed E-state index contributed by atoms with van der Waals surface area (Å²) in [5.74, 6) is 0. The van der Waals surface area contributed by atoms with Crippen LogP contribution in [0.15, 0.2) is 17.1 Å². The summed E-state index contributed by atoms with van der Waals surface area (Å²) in [4.78, 5) is 15.5. The molecule has 5 heteroatoms. The molecular weight excluding hydrogens is 341 g/mol. The van der Waals surface area contributed by atoms with Crippen LogP contribution in [-0.2, 0) is 10.3 Å². The van der Waals surface area contributed by atoms with E-state index in [2.05, 4.69) is 39.7 Å². The van der Waals surface area contributed by atoms with E-state index in [-0.39, 0.29) is 5.54 Å². The third-order valence-corrected chi connectivity index (χ3v) is 5.87. The third-order valence-electron chi connectivity index (χ3n) is 2.62. The number of rotatable bonds is 2. The van der Waals surface area contributed by atoms with Crippen molar-refractivity contribution in [2.75, 3.05) is 0 Å². The molecule has 2 aromatic heterocycles. The first-order valence-corrected chi connectivity index (χ1v) is 7.23. The van der Waals surface area contributed by atoms with Gasteiger partial charge in [-0.05, 0) is 47.6 Å². The minimum Gasteiger partial charge on any atom is -0.211 e. The maximum atomic E-state index is 10.4. The van der Waals surface area contributed by atoms with Gasteiger partial charge in [-0.2, -0.15) is 4.99 Å². The maximum Gasteiger partial charge on any atom is 0.235 e. The SMILES string of the molecule is O=C=NC1(c2cc3sc(I)cc3s2)CC1. The van der Waals surface area contributed by atoms with Crippen molar-refractivity contribution < 1.29 is 4.79 Å². The third kappa shape index (κ3) is 1.58. The van der Waals surface area contributed by atoms with Crippen molar-refractivity contribution in [3.05, 3.63) is 19.9 Å². The molecule has 0 aromatic carbocycles. The van der Waals surface area contributed by atoms with Crippen molar-refractivity contribution in [2.24, 2.45) is 4.99 Å². The van der Waals surface area contributed by atoms with Crippen molar-refractivity contribution in [3.8, 4) is 0 Å². The van der Waals surface area contributed by atoms with Crippen molar-refractivity contribution in [1.29, 1.82) is 0 Å². The van der Waals surface area contributed by atoms with E-state index < -0.39 is 0 Å². The van der Waals surface area contributed by atoms with E-state index in [4.69, 9.17) is 0 Å². The predicted octanol–water partition coefficient (Wildman–Crippen LogP) is 3.89. The van der Waals surface area contributed by atoms with Gasteiger partial charge in [-0.15, -0.1) is 22.7 Å². The van der Waals surface area contributed by atoms with Crippen LogP contribution in [0.4, 0.5) is 0 Å². The number of nitrogens with zero attached hydrogens (tertiary/aromatic N) is 1. The van der Waals surface area contributed by atoms with Gasteiger partial charge < -0.3 is 0 Å². The van der Waals surface area contributed by atoms with Gasteiger partial charge in [0.25, 0.3) is 0 Å². The van der Waals surface area contributed by atoms with Gasteiger partial charge in [0.15, 0.2) is 0 Å². The zero-order valence-corrected chi connectivity index (χ0v) is 11.4. The zero-order chi connectivity index (χ0) is 10.5. The van der Waals surface area contributed by atoms with E-state index in [9.17, 15) is 4.79 Å². The lowest BCUT2D eigenvalue weighted by molar-refractivity contribution is 0.557. The monoisotopic (exact) mass is 347 g/mol. The highest BCUT2D eigenvalue weighted by Crippen LogP contribution is 2.53. The van der Waals surface area contributed by atoms with Crippen LogP contribution in [-0.4, -0.2) is 6.08 Å². The Labute approximate surface area is 108 Å². The fourth-order valence-corrected chi connectivity index (χ4v) is 5.20. The molecule has 0 aliphatic heterocycles. The Morgan fingerprint density at radius 1 is 1.33 bits per heavy atom. The molecule has 0 saturated heterocycles. The Morgan fingerprint density at radius 3 is 2.67 bits per heavy atom. The van der Waals surface area contributed by atoms with Crippen molar-refractivity contribution in [3.63, 3.8) is 0 Å². The van der Waals surface area contributed by atoms with Crippen LogP contribution in [0.1, 0.15) is 17.7 Å². The van der Waals surface area contributed by atoms with Crippen LogP contribution in [0.25, 0.3) is 9.40 Å². The average Bonchev–Trinajstić information content (AvgIpc) is 2.72. The topological polar surface area (TPSA) is 29.4 Å². The highest BCUT2D eigenvalue weighted by molar-refractivity contribution is 14.1. The second-order valence-corrected chi connectivity index (χ2v) is 7.69. The van der Waals surface area contributed by atoms with Crippen molar-refractivity contribution in [2.45, 2.75) is 18.4 Å². The number of hydrogen-bond acceptors (Lipinski definition) is 4. The summed E-state index contributed by atoms with van der Waals surface area (Å²) in [6.07, 6.45) is 3.69. The fraction of sp³-hybridized carbons (Fsp3) is 0.300. The lowest BCUT2D eigenvalue weighted by Crippen LogP contribution is -1.97. The Hall–Kier alpha value is -0.230. The number of aliphatic imine (C=N–C) groups is 1. The molecule has 0 unspecified atom stereocenters. The zero-order valence-electron chi connectivity index (χ0n) is 7.62. The van der Waals surface area contributed by atoms with Gasteiger partial charge >= 0.3 is 0 Å². The molecule has 0 atom stereocenters. The smallest absolute Gasteiger partial charge is 0.211 e. The number of thiophene rings is 2. The van der Waals surface area contributed by atoms with E-state index in [1.807, 2.05) is 0 Å². The molecule has 1 aliphatic rings. The van der Waals surface area contributed by atoms with Crippen molar-refractivity contribution in [1.82, 2.24) is 0 Å². The molecule has 0 amide bonds. The number of hydrogen-bond donors (Lipinski definition) is 0. The Balaban J connectivity index is 2.12. The van der Waals surface area contributed by atoms with E-state index >= 15 is 0 Å². The normalized spacial score (nSPS) is 17.7. The summed E-state index contributed by atoms with van der Waals surface area (Å²) in [6.45, 7) is 0. The van der Waals surface area contributed by atoms with E-state index in [0.29, 0.717) is 0 Å². The highest BCUT2D eigenvalue weighted by atomic mass is 127. The van der Waals surface area contributed by atoms with Crippen LogP contribution >= 0.6 is 45.3 Å². The van der Waals surface area contributed by atoms with Gasteiger partial charge in [0.1, 0.15) is 5.54 Å². The number of carbonyl (C=O) groups excluding carboxylic acids is 1.